The van der Waals surface area contributed by atoms with E-state index in [1.807, 2.05) is 32.2 Å². The number of nitrogens with one attached hydrogen (secondary N) is 1. The molecule has 2 heterocycles. The Kier molecular flexibility index (Phi) is 3.24. The van der Waals surface area contributed by atoms with Crippen molar-refractivity contribution in [2.75, 3.05) is 0 Å². The van der Waals surface area contributed by atoms with Crippen molar-refractivity contribution in [3.63, 3.8) is 0 Å². The fraction of sp³-hybridized carbons (Fsp3) is 0.385. The largest absolute Gasteiger partial charge is 0.342 e. The third-order valence-electron chi connectivity index (χ3n) is 2.63. The van der Waals surface area contributed by atoms with E-state index in [0.717, 1.165) is 29.9 Å². The Hall–Kier alpha value is -1.68. The van der Waals surface area contributed by atoms with Gasteiger partial charge in [0.05, 0.1) is 11.9 Å². The molecular formula is C13H18N4. The van der Waals surface area contributed by atoms with Crippen molar-refractivity contribution in [3.8, 4) is 11.3 Å². The molecule has 0 aromatic carbocycles. The molecule has 0 radical (unpaired) electrons. The highest BCUT2D eigenvalue weighted by Crippen LogP contribution is 2.16. The van der Waals surface area contributed by atoms with Gasteiger partial charge in [-0.25, -0.2) is 4.98 Å². The van der Waals surface area contributed by atoms with Crippen molar-refractivity contribution < 1.29 is 0 Å². The Balaban J connectivity index is 2.07. The molecule has 3 N–H and O–H groups in total. The van der Waals surface area contributed by atoms with E-state index in [9.17, 15) is 0 Å². The monoisotopic (exact) mass is 230 g/mol. The maximum atomic E-state index is 5.95. The number of nitrogens with zero attached hydrogens (tertiary/aromatic N) is 2. The molecule has 4 heteroatoms. The average Bonchev–Trinajstić information content (AvgIpc) is 2.75. The standard InChI is InChI=1S/C13H18N4/c1-13(2,14)6-3-12-16-9-11(17-12)10-4-7-15-8-5-10/h4-5,7-9H,3,6,14H2,1-2H3,(H,16,17). The van der Waals surface area contributed by atoms with E-state index >= 15 is 0 Å². The van der Waals surface area contributed by atoms with E-state index in [-0.39, 0.29) is 5.54 Å². The number of aromatic nitrogens is 3. The summed E-state index contributed by atoms with van der Waals surface area (Å²) in [4.78, 5) is 11.7. The predicted molar refractivity (Wildman–Crippen MR) is 68.4 cm³/mol. The Morgan fingerprint density at radius 1 is 1.29 bits per heavy atom. The lowest BCUT2D eigenvalue weighted by molar-refractivity contribution is 0.472. The number of hydrogen-bond acceptors (Lipinski definition) is 3. The van der Waals surface area contributed by atoms with Crippen LogP contribution in [-0.2, 0) is 6.42 Å². The van der Waals surface area contributed by atoms with Crippen molar-refractivity contribution in [1.82, 2.24) is 15.0 Å². The minimum atomic E-state index is -0.149. The first-order valence-electron chi connectivity index (χ1n) is 5.78. The molecule has 0 aliphatic carbocycles. The van der Waals surface area contributed by atoms with Crippen LogP contribution < -0.4 is 5.73 Å². The number of aromatic amines is 1. The van der Waals surface area contributed by atoms with Crippen LogP contribution in [0.4, 0.5) is 0 Å². The summed E-state index contributed by atoms with van der Waals surface area (Å²) in [7, 11) is 0. The zero-order valence-corrected chi connectivity index (χ0v) is 10.3. The van der Waals surface area contributed by atoms with E-state index in [1.54, 1.807) is 12.4 Å². The Morgan fingerprint density at radius 2 is 2.00 bits per heavy atom. The number of pyridine rings is 1. The van der Waals surface area contributed by atoms with Gasteiger partial charge in [-0.05, 0) is 32.4 Å². The summed E-state index contributed by atoms with van der Waals surface area (Å²) < 4.78 is 0. The number of hydrogen-bond donors (Lipinski definition) is 2. The summed E-state index contributed by atoms with van der Waals surface area (Å²) in [5.74, 6) is 0.982. The lowest BCUT2D eigenvalue weighted by atomic mass is 10.0. The van der Waals surface area contributed by atoms with E-state index in [4.69, 9.17) is 5.73 Å². The highest BCUT2D eigenvalue weighted by atomic mass is 14.9. The lowest BCUT2D eigenvalue weighted by Crippen LogP contribution is -2.32. The maximum Gasteiger partial charge on any atom is 0.106 e. The van der Waals surface area contributed by atoms with Crippen LogP contribution >= 0.6 is 0 Å². The van der Waals surface area contributed by atoms with Crippen molar-refractivity contribution in [1.29, 1.82) is 0 Å². The van der Waals surface area contributed by atoms with E-state index in [2.05, 4.69) is 15.0 Å². The van der Waals surface area contributed by atoms with Crippen molar-refractivity contribution in [3.05, 3.63) is 36.5 Å². The van der Waals surface area contributed by atoms with Gasteiger partial charge in [0.2, 0.25) is 0 Å². The number of imidazole rings is 1. The zero-order valence-electron chi connectivity index (χ0n) is 10.3. The summed E-state index contributed by atoms with van der Waals surface area (Å²) in [6.07, 6.45) is 7.19. The van der Waals surface area contributed by atoms with Crippen LogP contribution in [0.2, 0.25) is 0 Å². The summed E-state index contributed by atoms with van der Waals surface area (Å²) in [5, 5.41) is 0. The van der Waals surface area contributed by atoms with Gasteiger partial charge in [-0.2, -0.15) is 0 Å². The SMILES string of the molecule is CC(C)(N)CCc1ncc(-c2ccncc2)[nH]1. The quantitative estimate of drug-likeness (QED) is 0.845. The topological polar surface area (TPSA) is 67.6 Å². The molecule has 17 heavy (non-hydrogen) atoms. The lowest BCUT2D eigenvalue weighted by Gasteiger charge is -2.16. The highest BCUT2D eigenvalue weighted by Gasteiger charge is 2.12. The molecule has 0 bridgehead atoms. The van der Waals surface area contributed by atoms with Crippen LogP contribution in [0.25, 0.3) is 11.3 Å². The van der Waals surface area contributed by atoms with E-state index < -0.39 is 0 Å². The first kappa shape index (κ1) is 11.8. The zero-order chi connectivity index (χ0) is 12.3. The van der Waals surface area contributed by atoms with E-state index in [0.29, 0.717) is 0 Å². The average molecular weight is 230 g/mol. The smallest absolute Gasteiger partial charge is 0.106 e. The molecule has 2 aromatic heterocycles. The molecule has 0 aliphatic rings. The number of H-pyrrole nitrogens is 1. The molecule has 0 amide bonds. The molecular weight excluding hydrogens is 212 g/mol. The fourth-order valence-corrected chi connectivity index (χ4v) is 1.61. The summed E-state index contributed by atoms with van der Waals surface area (Å²) in [6.45, 7) is 4.05. The van der Waals surface area contributed by atoms with E-state index in [1.165, 1.54) is 0 Å². The second kappa shape index (κ2) is 4.67. The Morgan fingerprint density at radius 3 is 2.65 bits per heavy atom. The second-order valence-electron chi connectivity index (χ2n) is 4.97. The molecule has 2 rings (SSSR count). The maximum absolute atomic E-state index is 5.95. The second-order valence-corrected chi connectivity index (χ2v) is 4.97. The molecule has 0 saturated heterocycles. The van der Waals surface area contributed by atoms with Gasteiger partial charge in [0.15, 0.2) is 0 Å². The van der Waals surface area contributed by atoms with Gasteiger partial charge in [-0.15, -0.1) is 0 Å². The Labute approximate surface area is 101 Å². The van der Waals surface area contributed by atoms with Crippen LogP contribution in [0.15, 0.2) is 30.7 Å². The van der Waals surface area contributed by atoms with Gasteiger partial charge in [-0.1, -0.05) is 0 Å². The molecule has 0 fully saturated rings. The summed E-state index contributed by atoms with van der Waals surface area (Å²) in [5.41, 5.74) is 7.93. The van der Waals surface area contributed by atoms with Crippen molar-refractivity contribution in [2.24, 2.45) is 5.73 Å². The van der Waals surface area contributed by atoms with Crippen LogP contribution in [-0.4, -0.2) is 20.5 Å². The van der Waals surface area contributed by atoms with Crippen LogP contribution in [0.5, 0.6) is 0 Å². The minimum Gasteiger partial charge on any atom is -0.342 e. The van der Waals surface area contributed by atoms with Gasteiger partial charge in [0.25, 0.3) is 0 Å². The molecule has 0 unspecified atom stereocenters. The molecule has 90 valence electrons. The van der Waals surface area contributed by atoms with Crippen LogP contribution in [0, 0.1) is 0 Å². The first-order chi connectivity index (χ1) is 8.04. The number of nitrogens with two attached hydrogens (primary N) is 1. The van der Waals surface area contributed by atoms with Gasteiger partial charge < -0.3 is 10.7 Å². The predicted octanol–water partition coefficient (Wildman–Crippen LogP) is 2.14. The molecule has 4 nitrogen and oxygen atoms in total. The molecule has 0 saturated carbocycles. The van der Waals surface area contributed by atoms with Crippen molar-refractivity contribution in [2.45, 2.75) is 32.2 Å². The number of aryl methyl sites for hydroxylation is 1. The summed E-state index contributed by atoms with van der Waals surface area (Å²) in [6, 6.07) is 3.92. The van der Waals surface area contributed by atoms with Crippen molar-refractivity contribution >= 4 is 0 Å². The molecule has 0 aliphatic heterocycles. The van der Waals surface area contributed by atoms with Crippen LogP contribution in [0.1, 0.15) is 26.1 Å². The molecule has 0 spiro atoms. The number of rotatable bonds is 4. The minimum absolute atomic E-state index is 0.149. The van der Waals surface area contributed by atoms with Gasteiger partial charge in [-0.3, -0.25) is 4.98 Å². The molecule has 0 atom stereocenters. The summed E-state index contributed by atoms with van der Waals surface area (Å²) >= 11 is 0. The molecule has 2 aromatic rings. The third-order valence-corrected chi connectivity index (χ3v) is 2.63. The van der Waals surface area contributed by atoms with Gasteiger partial charge in [0.1, 0.15) is 5.82 Å². The Bertz CT molecular complexity index is 468. The van der Waals surface area contributed by atoms with Gasteiger partial charge in [0, 0.05) is 29.9 Å². The van der Waals surface area contributed by atoms with Crippen LogP contribution in [0.3, 0.4) is 0 Å². The van der Waals surface area contributed by atoms with Gasteiger partial charge >= 0.3 is 0 Å². The fourth-order valence-electron chi connectivity index (χ4n) is 1.61. The normalized spacial score (nSPS) is 11.7. The third kappa shape index (κ3) is 3.39. The highest BCUT2D eigenvalue weighted by molar-refractivity contribution is 5.57. The first-order valence-corrected chi connectivity index (χ1v) is 5.78.